The highest BCUT2D eigenvalue weighted by Crippen LogP contribution is 2.07. The standard InChI is InChI=1S/C5H5NO3S2/c7-5(6-11(8)9)4-2-1-3-10-4/h1-3H,(H,6,7)(H,8,9)/p-1. The van der Waals surface area contributed by atoms with E-state index in [-0.39, 0.29) is 0 Å². The molecule has 0 spiro atoms. The van der Waals surface area contributed by atoms with Crippen LogP contribution in [0.1, 0.15) is 9.67 Å². The van der Waals surface area contributed by atoms with Crippen LogP contribution in [0.5, 0.6) is 0 Å². The van der Waals surface area contributed by atoms with Gasteiger partial charge < -0.3 is 4.55 Å². The fourth-order valence-corrected chi connectivity index (χ4v) is 1.48. The number of carbonyl (C=O) groups is 1. The number of thiophene rings is 1. The molecule has 6 heteroatoms. The van der Waals surface area contributed by atoms with Gasteiger partial charge in [-0.1, -0.05) is 6.07 Å². The van der Waals surface area contributed by atoms with Crippen LogP contribution in [0.2, 0.25) is 0 Å². The van der Waals surface area contributed by atoms with Crippen LogP contribution in [0.3, 0.4) is 0 Å². The third-order valence-electron chi connectivity index (χ3n) is 0.921. The zero-order valence-corrected chi connectivity index (χ0v) is 6.91. The van der Waals surface area contributed by atoms with Crippen molar-refractivity contribution in [3.05, 3.63) is 22.4 Å². The van der Waals surface area contributed by atoms with Gasteiger partial charge in [0.25, 0.3) is 5.91 Å². The lowest BCUT2D eigenvalue weighted by atomic mass is 10.5. The lowest BCUT2D eigenvalue weighted by Gasteiger charge is -2.04. The van der Waals surface area contributed by atoms with Crippen LogP contribution in [0.15, 0.2) is 17.5 Å². The van der Waals surface area contributed by atoms with Gasteiger partial charge in [0, 0.05) is 11.3 Å². The summed E-state index contributed by atoms with van der Waals surface area (Å²) in [5.74, 6) is -0.590. The Morgan fingerprint density at radius 3 is 2.91 bits per heavy atom. The van der Waals surface area contributed by atoms with Crippen LogP contribution < -0.4 is 4.72 Å². The van der Waals surface area contributed by atoms with Crippen molar-refractivity contribution in [2.45, 2.75) is 0 Å². The molecule has 0 aliphatic heterocycles. The summed E-state index contributed by atoms with van der Waals surface area (Å²) < 4.78 is 21.7. The van der Waals surface area contributed by atoms with Gasteiger partial charge in [-0.3, -0.25) is 13.7 Å². The molecule has 1 heterocycles. The first-order valence-electron chi connectivity index (χ1n) is 2.64. The van der Waals surface area contributed by atoms with Gasteiger partial charge in [0.05, 0.1) is 4.88 Å². The van der Waals surface area contributed by atoms with Gasteiger partial charge in [-0.2, -0.15) is 0 Å². The Hall–Kier alpha value is -0.720. The normalized spacial score (nSPS) is 12.5. The first kappa shape index (κ1) is 8.38. The molecular formula is C5H4NO3S2-. The summed E-state index contributed by atoms with van der Waals surface area (Å²) in [5.41, 5.74) is 0. The van der Waals surface area contributed by atoms with Crippen LogP contribution in [-0.4, -0.2) is 14.7 Å². The van der Waals surface area contributed by atoms with E-state index >= 15 is 0 Å². The van der Waals surface area contributed by atoms with E-state index in [0.29, 0.717) is 4.88 Å². The van der Waals surface area contributed by atoms with Crippen molar-refractivity contribution in [1.82, 2.24) is 4.72 Å². The molecule has 60 valence electrons. The Kier molecular flexibility index (Phi) is 2.75. The second-order valence-electron chi connectivity index (χ2n) is 1.64. The molecule has 0 aliphatic rings. The van der Waals surface area contributed by atoms with Crippen LogP contribution in [0, 0.1) is 0 Å². The molecule has 0 fully saturated rings. The summed E-state index contributed by atoms with van der Waals surface area (Å²) in [7, 11) is 0. The summed E-state index contributed by atoms with van der Waals surface area (Å²) in [4.78, 5) is 11.2. The molecule has 0 saturated heterocycles. The van der Waals surface area contributed by atoms with Gasteiger partial charge in [-0.15, -0.1) is 11.3 Å². The lowest BCUT2D eigenvalue weighted by Crippen LogP contribution is -2.24. The molecule has 0 radical (unpaired) electrons. The number of rotatable bonds is 2. The fraction of sp³-hybridized carbons (Fsp3) is 0. The minimum Gasteiger partial charge on any atom is -0.755 e. The minimum absolute atomic E-state index is 0.384. The van der Waals surface area contributed by atoms with Gasteiger partial charge >= 0.3 is 0 Å². The zero-order valence-electron chi connectivity index (χ0n) is 5.27. The van der Waals surface area contributed by atoms with Gasteiger partial charge in [-0.25, -0.2) is 0 Å². The molecule has 1 aromatic rings. The monoisotopic (exact) mass is 190 g/mol. The van der Waals surface area contributed by atoms with Crippen molar-refractivity contribution in [1.29, 1.82) is 0 Å². The quantitative estimate of drug-likeness (QED) is 0.680. The highest BCUT2D eigenvalue weighted by molar-refractivity contribution is 7.77. The molecule has 1 atom stereocenters. The maximum Gasteiger partial charge on any atom is 0.272 e. The van der Waals surface area contributed by atoms with Crippen molar-refractivity contribution >= 4 is 28.5 Å². The van der Waals surface area contributed by atoms with Crippen LogP contribution >= 0.6 is 11.3 Å². The molecule has 0 saturated carbocycles. The second-order valence-corrected chi connectivity index (χ2v) is 3.26. The molecule has 0 bridgehead atoms. The summed E-state index contributed by atoms with van der Waals surface area (Å²) >= 11 is -1.34. The van der Waals surface area contributed by atoms with Crippen molar-refractivity contribution in [2.24, 2.45) is 0 Å². The average Bonchev–Trinajstić information content (AvgIpc) is 2.35. The van der Waals surface area contributed by atoms with Crippen molar-refractivity contribution < 1.29 is 13.6 Å². The maximum absolute atomic E-state index is 10.8. The molecule has 1 unspecified atom stereocenters. The maximum atomic E-state index is 10.8. The van der Waals surface area contributed by atoms with E-state index in [9.17, 15) is 13.6 Å². The minimum atomic E-state index is -2.52. The smallest absolute Gasteiger partial charge is 0.272 e. The third kappa shape index (κ3) is 2.41. The Morgan fingerprint density at radius 1 is 1.73 bits per heavy atom. The number of nitrogens with one attached hydrogen (secondary N) is 1. The molecule has 1 aromatic heterocycles. The topological polar surface area (TPSA) is 69.2 Å². The first-order chi connectivity index (χ1) is 5.20. The molecule has 0 aliphatic carbocycles. The number of hydrogen-bond donors (Lipinski definition) is 1. The van der Waals surface area contributed by atoms with Crippen molar-refractivity contribution in [2.75, 3.05) is 0 Å². The predicted molar refractivity (Wildman–Crippen MR) is 40.7 cm³/mol. The van der Waals surface area contributed by atoms with Gasteiger partial charge in [0.1, 0.15) is 0 Å². The predicted octanol–water partition coefficient (Wildman–Crippen LogP) is 0.272. The Labute approximate surface area is 69.7 Å². The van der Waals surface area contributed by atoms with Crippen molar-refractivity contribution in [3.8, 4) is 0 Å². The number of hydrogen-bond acceptors (Lipinski definition) is 4. The first-order valence-corrected chi connectivity index (χ1v) is 4.59. The molecule has 11 heavy (non-hydrogen) atoms. The Balaban J connectivity index is 2.64. The summed E-state index contributed by atoms with van der Waals surface area (Å²) in [6, 6.07) is 3.22. The highest BCUT2D eigenvalue weighted by Gasteiger charge is 2.03. The van der Waals surface area contributed by atoms with E-state index in [1.165, 1.54) is 11.3 Å². The summed E-state index contributed by atoms with van der Waals surface area (Å²) in [5, 5.41) is 1.70. The summed E-state index contributed by atoms with van der Waals surface area (Å²) in [6.45, 7) is 0. The summed E-state index contributed by atoms with van der Waals surface area (Å²) in [6.07, 6.45) is 0. The lowest BCUT2D eigenvalue weighted by molar-refractivity contribution is 0.0984. The van der Waals surface area contributed by atoms with Crippen molar-refractivity contribution in [3.63, 3.8) is 0 Å². The average molecular weight is 190 g/mol. The zero-order chi connectivity index (χ0) is 8.27. The van der Waals surface area contributed by atoms with Gasteiger partial charge in [-0.05, 0) is 11.4 Å². The van der Waals surface area contributed by atoms with Crippen LogP contribution in [0.25, 0.3) is 0 Å². The van der Waals surface area contributed by atoms with E-state index < -0.39 is 17.2 Å². The Morgan fingerprint density at radius 2 is 2.45 bits per heavy atom. The molecular weight excluding hydrogens is 186 g/mol. The Bertz CT molecular complexity index is 269. The second kappa shape index (κ2) is 3.61. The molecule has 1 rings (SSSR count). The largest absolute Gasteiger partial charge is 0.755 e. The molecule has 1 amide bonds. The van der Waals surface area contributed by atoms with E-state index in [1.54, 1.807) is 22.2 Å². The van der Waals surface area contributed by atoms with E-state index in [0.717, 1.165) is 0 Å². The third-order valence-corrected chi connectivity index (χ3v) is 2.14. The van der Waals surface area contributed by atoms with E-state index in [2.05, 4.69) is 0 Å². The molecule has 0 aromatic carbocycles. The molecule has 1 N–H and O–H groups in total. The fourth-order valence-electron chi connectivity index (χ4n) is 0.534. The highest BCUT2D eigenvalue weighted by atomic mass is 32.2. The van der Waals surface area contributed by atoms with Gasteiger partial charge in [0.15, 0.2) is 0 Å². The molecule has 4 nitrogen and oxygen atoms in total. The van der Waals surface area contributed by atoms with E-state index in [4.69, 9.17) is 0 Å². The van der Waals surface area contributed by atoms with Gasteiger partial charge in [0.2, 0.25) is 0 Å². The SMILES string of the molecule is O=C(NS(=O)[O-])c1cccs1. The number of carbonyl (C=O) groups excluding carboxylic acids is 1. The van der Waals surface area contributed by atoms with Crippen LogP contribution in [-0.2, 0) is 11.3 Å². The van der Waals surface area contributed by atoms with Crippen LogP contribution in [0.4, 0.5) is 0 Å². The number of amides is 1. The van der Waals surface area contributed by atoms with E-state index in [1.807, 2.05) is 0 Å².